The second-order valence-corrected chi connectivity index (χ2v) is 5.31. The van der Waals surface area contributed by atoms with Crippen molar-refractivity contribution in [2.45, 2.75) is 51.0 Å². The molecule has 2 rings (SSSR count). The molecule has 5 heteroatoms. The molecule has 3 atom stereocenters. The fraction of sp³-hybridized carbons (Fsp3) is 0.917. The third-order valence-electron chi connectivity index (χ3n) is 3.25. The summed E-state index contributed by atoms with van der Waals surface area (Å²) in [7, 11) is 0. The van der Waals surface area contributed by atoms with E-state index >= 15 is 0 Å². The van der Waals surface area contributed by atoms with Crippen LogP contribution in [0, 0.1) is 0 Å². The normalized spacial score (nSPS) is 32.4. The number of carboxylic acids is 1. The summed E-state index contributed by atoms with van der Waals surface area (Å²) in [6.45, 7) is 6.28. The van der Waals surface area contributed by atoms with Crippen molar-refractivity contribution in [1.82, 2.24) is 10.2 Å². The maximum atomic E-state index is 11.2. The summed E-state index contributed by atoms with van der Waals surface area (Å²) in [6.07, 6.45) is 2.60. The highest BCUT2D eigenvalue weighted by Crippen LogP contribution is 2.20. The molecule has 0 aromatic carbocycles. The van der Waals surface area contributed by atoms with Crippen LogP contribution in [-0.2, 0) is 9.53 Å². The molecule has 17 heavy (non-hydrogen) atoms. The molecule has 1 aliphatic heterocycles. The fourth-order valence-corrected chi connectivity index (χ4v) is 2.43. The molecule has 1 saturated heterocycles. The van der Waals surface area contributed by atoms with E-state index in [-0.39, 0.29) is 12.2 Å². The van der Waals surface area contributed by atoms with E-state index in [0.717, 1.165) is 25.9 Å². The molecule has 1 heterocycles. The first-order valence-electron chi connectivity index (χ1n) is 6.41. The zero-order valence-corrected chi connectivity index (χ0v) is 10.6. The van der Waals surface area contributed by atoms with E-state index in [9.17, 15) is 9.90 Å². The highest BCUT2D eigenvalue weighted by molar-refractivity contribution is 5.73. The topological polar surface area (TPSA) is 61.8 Å². The molecular weight excluding hydrogens is 220 g/mol. The Morgan fingerprint density at radius 3 is 2.47 bits per heavy atom. The van der Waals surface area contributed by atoms with E-state index in [1.807, 2.05) is 13.8 Å². The average Bonchev–Trinajstić information content (AvgIpc) is 2.98. The van der Waals surface area contributed by atoms with Crippen LogP contribution in [0.15, 0.2) is 0 Å². The number of rotatable bonds is 5. The lowest BCUT2D eigenvalue weighted by atomic mass is 10.2. The summed E-state index contributed by atoms with van der Waals surface area (Å²) < 4.78 is 5.64. The van der Waals surface area contributed by atoms with Gasteiger partial charge in [0.25, 0.3) is 0 Å². The van der Waals surface area contributed by atoms with Crippen molar-refractivity contribution in [3.05, 3.63) is 0 Å². The second-order valence-electron chi connectivity index (χ2n) is 5.31. The Labute approximate surface area is 102 Å². The predicted octanol–water partition coefficient (Wildman–Crippen LogP) is 0.301. The van der Waals surface area contributed by atoms with E-state index in [1.54, 1.807) is 0 Å². The third kappa shape index (κ3) is 3.94. The van der Waals surface area contributed by atoms with Crippen LogP contribution in [0.4, 0.5) is 0 Å². The monoisotopic (exact) mass is 242 g/mol. The van der Waals surface area contributed by atoms with Gasteiger partial charge in [-0.15, -0.1) is 0 Å². The molecule has 0 radical (unpaired) electrons. The standard InChI is InChI=1S/C12H22N2O3/c1-8-5-14(6-9(2)17-8)7-11(12(15)16)13-10-3-4-10/h8-11,13H,3-7H2,1-2H3,(H,15,16)/t8-,9+,11?. The number of nitrogens with zero attached hydrogens (tertiary/aromatic N) is 1. The minimum atomic E-state index is -0.747. The van der Waals surface area contributed by atoms with Crippen LogP contribution < -0.4 is 5.32 Å². The number of aliphatic carboxylic acids is 1. The van der Waals surface area contributed by atoms with Gasteiger partial charge in [0.05, 0.1) is 12.2 Å². The van der Waals surface area contributed by atoms with Gasteiger partial charge < -0.3 is 15.2 Å². The minimum Gasteiger partial charge on any atom is -0.480 e. The first-order valence-corrected chi connectivity index (χ1v) is 6.41. The first kappa shape index (κ1) is 12.8. The lowest BCUT2D eigenvalue weighted by Crippen LogP contribution is -2.53. The van der Waals surface area contributed by atoms with Crippen LogP contribution in [0.5, 0.6) is 0 Å². The van der Waals surface area contributed by atoms with Crippen LogP contribution in [0.1, 0.15) is 26.7 Å². The van der Waals surface area contributed by atoms with Gasteiger partial charge in [-0.3, -0.25) is 9.69 Å². The predicted molar refractivity (Wildman–Crippen MR) is 64.0 cm³/mol. The third-order valence-corrected chi connectivity index (χ3v) is 3.25. The quantitative estimate of drug-likeness (QED) is 0.726. The summed E-state index contributed by atoms with van der Waals surface area (Å²) in [5.41, 5.74) is 0. The highest BCUT2D eigenvalue weighted by Gasteiger charge is 2.31. The molecular formula is C12H22N2O3. The molecule has 5 nitrogen and oxygen atoms in total. The molecule has 0 aromatic rings. The molecule has 0 amide bonds. The Hall–Kier alpha value is -0.650. The number of nitrogens with one attached hydrogen (secondary N) is 1. The van der Waals surface area contributed by atoms with Crippen LogP contribution in [-0.4, -0.2) is 59.9 Å². The zero-order valence-electron chi connectivity index (χ0n) is 10.6. The molecule has 98 valence electrons. The minimum absolute atomic E-state index is 0.189. The SMILES string of the molecule is C[C@@H]1CN(CC(NC2CC2)C(=O)O)C[C@H](C)O1. The Bertz CT molecular complexity index is 271. The molecule has 0 spiro atoms. The summed E-state index contributed by atoms with van der Waals surface area (Å²) in [5.74, 6) is -0.747. The van der Waals surface area contributed by atoms with Crippen molar-refractivity contribution >= 4 is 5.97 Å². The van der Waals surface area contributed by atoms with Gasteiger partial charge in [-0.1, -0.05) is 0 Å². The maximum absolute atomic E-state index is 11.2. The molecule has 0 bridgehead atoms. The first-order chi connectivity index (χ1) is 8.04. The van der Waals surface area contributed by atoms with E-state index < -0.39 is 12.0 Å². The van der Waals surface area contributed by atoms with Gasteiger partial charge in [0.15, 0.2) is 0 Å². The number of hydrogen-bond acceptors (Lipinski definition) is 4. The summed E-state index contributed by atoms with van der Waals surface area (Å²) in [4.78, 5) is 13.4. The Kier molecular flexibility index (Phi) is 4.01. The highest BCUT2D eigenvalue weighted by atomic mass is 16.5. The van der Waals surface area contributed by atoms with E-state index in [4.69, 9.17) is 4.74 Å². The van der Waals surface area contributed by atoms with E-state index in [1.165, 1.54) is 0 Å². The molecule has 1 aliphatic carbocycles. The fourth-order valence-electron chi connectivity index (χ4n) is 2.43. The van der Waals surface area contributed by atoms with Gasteiger partial charge in [0.1, 0.15) is 6.04 Å². The Morgan fingerprint density at radius 1 is 1.41 bits per heavy atom. The Balaban J connectivity index is 1.85. The molecule has 0 aromatic heterocycles. The van der Waals surface area contributed by atoms with Gasteiger partial charge in [-0.25, -0.2) is 0 Å². The molecule has 1 saturated carbocycles. The maximum Gasteiger partial charge on any atom is 0.322 e. The van der Waals surface area contributed by atoms with Gasteiger partial charge in [-0.05, 0) is 26.7 Å². The summed E-state index contributed by atoms with van der Waals surface area (Å²) in [6, 6.07) is -0.0213. The van der Waals surface area contributed by atoms with Gasteiger partial charge in [0, 0.05) is 25.7 Å². The van der Waals surface area contributed by atoms with Crippen molar-refractivity contribution in [1.29, 1.82) is 0 Å². The van der Waals surface area contributed by atoms with Crippen LogP contribution >= 0.6 is 0 Å². The van der Waals surface area contributed by atoms with Gasteiger partial charge in [-0.2, -0.15) is 0 Å². The number of carbonyl (C=O) groups is 1. The molecule has 2 N–H and O–H groups in total. The smallest absolute Gasteiger partial charge is 0.322 e. The number of carboxylic acid groups (broad SMARTS) is 1. The van der Waals surface area contributed by atoms with Crippen LogP contribution in [0.25, 0.3) is 0 Å². The molecule has 2 aliphatic rings. The van der Waals surface area contributed by atoms with E-state index in [0.29, 0.717) is 12.6 Å². The van der Waals surface area contributed by atoms with Crippen LogP contribution in [0.2, 0.25) is 0 Å². The van der Waals surface area contributed by atoms with Crippen molar-refractivity contribution < 1.29 is 14.6 Å². The molecule has 2 fully saturated rings. The second kappa shape index (κ2) is 5.33. The average molecular weight is 242 g/mol. The van der Waals surface area contributed by atoms with Crippen molar-refractivity contribution in [2.24, 2.45) is 0 Å². The largest absolute Gasteiger partial charge is 0.480 e. The van der Waals surface area contributed by atoms with Gasteiger partial charge >= 0.3 is 5.97 Å². The lowest BCUT2D eigenvalue weighted by Gasteiger charge is -2.36. The summed E-state index contributed by atoms with van der Waals surface area (Å²) in [5, 5.41) is 12.4. The van der Waals surface area contributed by atoms with Crippen LogP contribution in [0.3, 0.4) is 0 Å². The number of hydrogen-bond donors (Lipinski definition) is 2. The summed E-state index contributed by atoms with van der Waals surface area (Å²) >= 11 is 0. The Morgan fingerprint density at radius 2 is 2.00 bits per heavy atom. The number of ether oxygens (including phenoxy) is 1. The van der Waals surface area contributed by atoms with E-state index in [2.05, 4.69) is 10.2 Å². The lowest BCUT2D eigenvalue weighted by molar-refractivity contribution is -0.141. The van der Waals surface area contributed by atoms with Crippen molar-refractivity contribution in [2.75, 3.05) is 19.6 Å². The molecule has 1 unspecified atom stereocenters. The van der Waals surface area contributed by atoms with Crippen molar-refractivity contribution in [3.8, 4) is 0 Å². The number of morpholine rings is 1. The van der Waals surface area contributed by atoms with Gasteiger partial charge in [0.2, 0.25) is 0 Å². The van der Waals surface area contributed by atoms with Crippen molar-refractivity contribution in [3.63, 3.8) is 0 Å². The zero-order chi connectivity index (χ0) is 12.4.